The Kier molecular flexibility index (Phi) is 7.29. The number of anilines is 2. The maximum atomic E-state index is 13.9. The van der Waals surface area contributed by atoms with Crippen molar-refractivity contribution < 1.29 is 31.9 Å². The van der Waals surface area contributed by atoms with E-state index in [2.05, 4.69) is 10.0 Å². The molecule has 8 nitrogen and oxygen atoms in total. The SMILES string of the molecule is CCOC(=O)c1ccc(NS(=O)(=O)c2ccc(OC)c(NC(=O)c3ccccc3F)c2)cc1. The highest BCUT2D eigenvalue weighted by molar-refractivity contribution is 7.92. The molecule has 0 aliphatic heterocycles. The first-order chi connectivity index (χ1) is 15.7. The van der Waals surface area contributed by atoms with Gasteiger partial charge in [-0.05, 0) is 61.5 Å². The Morgan fingerprint density at radius 2 is 1.70 bits per heavy atom. The summed E-state index contributed by atoms with van der Waals surface area (Å²) < 4.78 is 52.1. The summed E-state index contributed by atoms with van der Waals surface area (Å²) in [5, 5.41) is 2.48. The molecule has 0 fully saturated rings. The maximum Gasteiger partial charge on any atom is 0.338 e. The average Bonchev–Trinajstić information content (AvgIpc) is 2.79. The van der Waals surface area contributed by atoms with E-state index >= 15 is 0 Å². The third-order valence-corrected chi connectivity index (χ3v) is 5.88. The zero-order valence-electron chi connectivity index (χ0n) is 17.8. The summed E-state index contributed by atoms with van der Waals surface area (Å²) in [6.45, 7) is 1.91. The van der Waals surface area contributed by atoms with Crippen LogP contribution in [0.2, 0.25) is 0 Å². The minimum atomic E-state index is -4.06. The van der Waals surface area contributed by atoms with Gasteiger partial charge in [0.1, 0.15) is 11.6 Å². The van der Waals surface area contributed by atoms with Gasteiger partial charge < -0.3 is 14.8 Å². The second-order valence-corrected chi connectivity index (χ2v) is 8.38. The van der Waals surface area contributed by atoms with Crippen LogP contribution in [0, 0.1) is 5.82 Å². The van der Waals surface area contributed by atoms with E-state index in [0.29, 0.717) is 0 Å². The van der Waals surface area contributed by atoms with Gasteiger partial charge in [0.25, 0.3) is 15.9 Å². The van der Waals surface area contributed by atoms with Gasteiger partial charge in [-0.3, -0.25) is 9.52 Å². The van der Waals surface area contributed by atoms with Gasteiger partial charge in [0, 0.05) is 5.69 Å². The number of hydrogen-bond acceptors (Lipinski definition) is 6. The average molecular weight is 472 g/mol. The molecule has 3 aromatic carbocycles. The molecule has 3 rings (SSSR count). The molecule has 0 spiro atoms. The zero-order valence-corrected chi connectivity index (χ0v) is 18.6. The molecule has 0 aliphatic rings. The van der Waals surface area contributed by atoms with Gasteiger partial charge >= 0.3 is 5.97 Å². The number of carbonyl (C=O) groups excluding carboxylic acids is 2. The van der Waals surface area contributed by atoms with Crippen molar-refractivity contribution in [1.82, 2.24) is 0 Å². The Balaban J connectivity index is 1.84. The topological polar surface area (TPSA) is 111 Å². The van der Waals surface area contributed by atoms with Crippen LogP contribution in [-0.4, -0.2) is 34.0 Å². The van der Waals surface area contributed by atoms with E-state index in [1.807, 2.05) is 0 Å². The van der Waals surface area contributed by atoms with E-state index in [1.54, 1.807) is 6.92 Å². The van der Waals surface area contributed by atoms with E-state index in [0.717, 1.165) is 6.07 Å². The lowest BCUT2D eigenvalue weighted by Gasteiger charge is -2.14. The molecule has 33 heavy (non-hydrogen) atoms. The van der Waals surface area contributed by atoms with Crippen molar-refractivity contribution in [2.45, 2.75) is 11.8 Å². The van der Waals surface area contributed by atoms with Crippen LogP contribution in [0.3, 0.4) is 0 Å². The molecular formula is C23H21FN2O6S. The quantitative estimate of drug-likeness (QED) is 0.478. The summed E-state index contributed by atoms with van der Waals surface area (Å²) in [5.74, 6) is -1.80. The fourth-order valence-electron chi connectivity index (χ4n) is 2.89. The Bertz CT molecular complexity index is 1280. The van der Waals surface area contributed by atoms with Gasteiger partial charge in [0.05, 0.1) is 35.4 Å². The second-order valence-electron chi connectivity index (χ2n) is 6.70. The van der Waals surface area contributed by atoms with Crippen LogP contribution in [0.25, 0.3) is 0 Å². The molecule has 0 atom stereocenters. The summed E-state index contributed by atoms with van der Waals surface area (Å²) >= 11 is 0. The summed E-state index contributed by atoms with van der Waals surface area (Å²) in [4.78, 5) is 24.1. The van der Waals surface area contributed by atoms with Crippen LogP contribution in [0.15, 0.2) is 71.6 Å². The first-order valence-corrected chi connectivity index (χ1v) is 11.3. The first kappa shape index (κ1) is 23.7. The van der Waals surface area contributed by atoms with Crippen molar-refractivity contribution in [3.05, 3.63) is 83.7 Å². The molecule has 10 heteroatoms. The number of ether oxygens (including phenoxy) is 2. The van der Waals surface area contributed by atoms with Crippen molar-refractivity contribution in [1.29, 1.82) is 0 Å². The lowest BCUT2D eigenvalue weighted by Crippen LogP contribution is -2.16. The predicted molar refractivity (Wildman–Crippen MR) is 121 cm³/mol. The molecule has 0 saturated carbocycles. The highest BCUT2D eigenvalue weighted by atomic mass is 32.2. The molecule has 172 valence electrons. The number of nitrogens with one attached hydrogen (secondary N) is 2. The predicted octanol–water partition coefficient (Wildman–Crippen LogP) is 4.06. The van der Waals surface area contributed by atoms with Crippen LogP contribution in [0.5, 0.6) is 5.75 Å². The summed E-state index contributed by atoms with van der Waals surface area (Å²) in [5.41, 5.74) is 0.345. The van der Waals surface area contributed by atoms with Gasteiger partial charge in [0.15, 0.2) is 0 Å². The summed E-state index contributed by atoms with van der Waals surface area (Å²) in [7, 11) is -2.71. The van der Waals surface area contributed by atoms with Crippen LogP contribution in [0.4, 0.5) is 15.8 Å². The highest BCUT2D eigenvalue weighted by Crippen LogP contribution is 2.29. The molecule has 0 radical (unpaired) electrons. The van der Waals surface area contributed by atoms with Crippen molar-refractivity contribution in [3.8, 4) is 5.75 Å². The fourth-order valence-corrected chi connectivity index (χ4v) is 3.97. The second kappa shape index (κ2) is 10.1. The standard InChI is InChI=1S/C23H21FN2O6S/c1-3-32-23(28)15-8-10-16(11-9-15)26-33(29,30)17-12-13-21(31-2)20(14-17)25-22(27)18-6-4-5-7-19(18)24/h4-14,26H,3H2,1-2H3,(H,25,27). The van der Waals surface area contributed by atoms with Crippen molar-refractivity contribution in [3.63, 3.8) is 0 Å². The number of benzene rings is 3. The molecule has 0 bridgehead atoms. The lowest BCUT2D eigenvalue weighted by atomic mass is 10.2. The number of halogens is 1. The molecule has 0 saturated heterocycles. The third kappa shape index (κ3) is 5.66. The number of amides is 1. The molecule has 0 heterocycles. The van der Waals surface area contributed by atoms with E-state index in [9.17, 15) is 22.4 Å². The van der Waals surface area contributed by atoms with Crippen molar-refractivity contribution in [2.24, 2.45) is 0 Å². The minimum absolute atomic E-state index is 0.0475. The van der Waals surface area contributed by atoms with Crippen LogP contribution in [-0.2, 0) is 14.8 Å². The normalized spacial score (nSPS) is 10.9. The molecule has 0 aromatic heterocycles. The van der Waals surface area contributed by atoms with Gasteiger partial charge in [-0.2, -0.15) is 0 Å². The first-order valence-electron chi connectivity index (χ1n) is 9.79. The van der Waals surface area contributed by atoms with Crippen molar-refractivity contribution >= 4 is 33.3 Å². The number of carbonyl (C=O) groups is 2. The Labute approximate surface area is 190 Å². The van der Waals surface area contributed by atoms with Crippen LogP contribution < -0.4 is 14.8 Å². The number of methoxy groups -OCH3 is 1. The molecule has 0 unspecified atom stereocenters. The smallest absolute Gasteiger partial charge is 0.338 e. The number of sulfonamides is 1. The number of hydrogen-bond donors (Lipinski definition) is 2. The van der Waals surface area contributed by atoms with Crippen LogP contribution in [0.1, 0.15) is 27.6 Å². The van der Waals surface area contributed by atoms with Crippen molar-refractivity contribution in [2.75, 3.05) is 23.8 Å². The lowest BCUT2D eigenvalue weighted by molar-refractivity contribution is 0.0526. The summed E-state index contributed by atoms with van der Waals surface area (Å²) in [6.07, 6.45) is 0. The van der Waals surface area contributed by atoms with Crippen LogP contribution >= 0.6 is 0 Å². The molecule has 3 aromatic rings. The monoisotopic (exact) mass is 472 g/mol. The van der Waals surface area contributed by atoms with Gasteiger partial charge in [0.2, 0.25) is 0 Å². The largest absolute Gasteiger partial charge is 0.495 e. The number of rotatable bonds is 8. The molecular weight excluding hydrogens is 451 g/mol. The highest BCUT2D eigenvalue weighted by Gasteiger charge is 2.19. The molecule has 2 N–H and O–H groups in total. The Hall–Kier alpha value is -3.92. The third-order valence-electron chi connectivity index (χ3n) is 4.50. The Morgan fingerprint density at radius 1 is 1.00 bits per heavy atom. The molecule has 0 aliphatic carbocycles. The fraction of sp³-hybridized carbons (Fsp3) is 0.130. The summed E-state index contributed by atoms with van der Waals surface area (Å²) in [6, 6.07) is 15.0. The zero-order chi connectivity index (χ0) is 24.0. The van der Waals surface area contributed by atoms with Gasteiger partial charge in [-0.1, -0.05) is 12.1 Å². The van der Waals surface area contributed by atoms with Gasteiger partial charge in [-0.25, -0.2) is 17.6 Å². The van der Waals surface area contributed by atoms with E-state index in [4.69, 9.17) is 9.47 Å². The van der Waals surface area contributed by atoms with E-state index in [1.165, 1.54) is 67.8 Å². The minimum Gasteiger partial charge on any atom is -0.495 e. The molecule has 1 amide bonds. The van der Waals surface area contributed by atoms with Gasteiger partial charge in [-0.15, -0.1) is 0 Å². The maximum absolute atomic E-state index is 13.9. The number of esters is 1. The Morgan fingerprint density at radius 3 is 2.33 bits per heavy atom. The van der Waals surface area contributed by atoms with E-state index < -0.39 is 27.7 Å². The van der Waals surface area contributed by atoms with E-state index in [-0.39, 0.29) is 39.8 Å².